The number of likely N-dealkylation sites (N-methyl/N-ethyl adjacent to an activating group) is 1. The molecule has 0 amide bonds. The SMILES string of the molecule is Cc1ccc(COc2cc3c(cc2C(F)(F)F)N(C2CCCC2)C[C@@H](CCC(C)(F)F)N(C)S3)c(C(=O)O)n1. The number of aromatic carboxylic acids is 1. The average Bonchev–Trinajstić information content (AvgIpc) is 3.32. The lowest BCUT2D eigenvalue weighted by Gasteiger charge is -2.35. The number of carboxylic acids is 1. The summed E-state index contributed by atoms with van der Waals surface area (Å²) in [4.78, 5) is 18.1. The van der Waals surface area contributed by atoms with Crippen LogP contribution in [0.1, 0.15) is 72.8 Å². The van der Waals surface area contributed by atoms with Crippen molar-refractivity contribution in [1.82, 2.24) is 9.29 Å². The molecule has 39 heavy (non-hydrogen) atoms. The van der Waals surface area contributed by atoms with E-state index in [-0.39, 0.29) is 36.2 Å². The van der Waals surface area contributed by atoms with Crippen molar-refractivity contribution in [2.75, 3.05) is 18.5 Å². The van der Waals surface area contributed by atoms with Crippen LogP contribution in [0.2, 0.25) is 0 Å². The average molecular weight is 574 g/mol. The zero-order valence-corrected chi connectivity index (χ0v) is 22.8. The molecule has 1 fully saturated rings. The Bertz CT molecular complexity index is 1200. The van der Waals surface area contributed by atoms with Gasteiger partial charge >= 0.3 is 12.1 Å². The van der Waals surface area contributed by atoms with Crippen LogP contribution in [0.25, 0.3) is 0 Å². The molecule has 1 aliphatic heterocycles. The third-order valence-electron chi connectivity index (χ3n) is 7.23. The Morgan fingerprint density at radius 2 is 1.87 bits per heavy atom. The number of benzene rings is 1. The van der Waals surface area contributed by atoms with E-state index in [1.165, 1.54) is 24.1 Å². The zero-order chi connectivity index (χ0) is 28.5. The summed E-state index contributed by atoms with van der Waals surface area (Å²) in [7, 11) is 1.76. The number of nitrogens with zero attached hydrogens (tertiary/aromatic N) is 3. The number of carbonyl (C=O) groups is 1. The summed E-state index contributed by atoms with van der Waals surface area (Å²) in [5, 5.41) is 9.48. The van der Waals surface area contributed by atoms with Crippen LogP contribution in [-0.2, 0) is 12.8 Å². The largest absolute Gasteiger partial charge is 0.488 e. The van der Waals surface area contributed by atoms with Gasteiger partial charge in [0.2, 0.25) is 5.92 Å². The molecule has 1 aromatic heterocycles. The lowest BCUT2D eigenvalue weighted by molar-refractivity contribution is -0.139. The highest BCUT2D eigenvalue weighted by atomic mass is 32.2. The third kappa shape index (κ3) is 7.13. The van der Waals surface area contributed by atoms with Crippen LogP contribution in [0.3, 0.4) is 0 Å². The number of anilines is 1. The van der Waals surface area contributed by atoms with Crippen molar-refractivity contribution >= 4 is 23.6 Å². The minimum absolute atomic E-state index is 0.0186. The predicted molar refractivity (Wildman–Crippen MR) is 139 cm³/mol. The van der Waals surface area contributed by atoms with Crippen molar-refractivity contribution < 1.29 is 36.6 Å². The Morgan fingerprint density at radius 3 is 2.49 bits per heavy atom. The molecule has 0 unspecified atom stereocenters. The minimum atomic E-state index is -4.74. The molecule has 4 rings (SSSR count). The van der Waals surface area contributed by atoms with E-state index in [0.29, 0.717) is 22.8 Å². The van der Waals surface area contributed by atoms with E-state index in [1.807, 2.05) is 9.21 Å². The minimum Gasteiger partial charge on any atom is -0.488 e. The van der Waals surface area contributed by atoms with E-state index in [2.05, 4.69) is 4.98 Å². The van der Waals surface area contributed by atoms with Crippen LogP contribution in [-0.4, -0.2) is 52.0 Å². The summed E-state index contributed by atoms with van der Waals surface area (Å²) in [6.07, 6.45) is -1.31. The van der Waals surface area contributed by atoms with Gasteiger partial charge in [0.15, 0.2) is 5.69 Å². The Kier molecular flexibility index (Phi) is 8.65. The van der Waals surface area contributed by atoms with Crippen LogP contribution in [0.5, 0.6) is 5.75 Å². The summed E-state index contributed by atoms with van der Waals surface area (Å²) in [5.41, 5.74) is -0.237. The number of rotatable bonds is 8. The third-order valence-corrected chi connectivity index (χ3v) is 8.34. The number of alkyl halides is 5. The van der Waals surface area contributed by atoms with Crippen molar-refractivity contribution in [3.63, 3.8) is 0 Å². The predicted octanol–water partition coefficient (Wildman–Crippen LogP) is 7.19. The first-order valence-corrected chi connectivity index (χ1v) is 13.6. The van der Waals surface area contributed by atoms with E-state index in [1.54, 1.807) is 20.0 Å². The van der Waals surface area contributed by atoms with Crippen LogP contribution in [0, 0.1) is 6.92 Å². The number of halogens is 5. The molecule has 6 nitrogen and oxygen atoms in total. The van der Waals surface area contributed by atoms with Gasteiger partial charge in [-0.3, -0.25) is 0 Å². The maximum absolute atomic E-state index is 14.3. The normalized spacial score (nSPS) is 19.2. The smallest absolute Gasteiger partial charge is 0.420 e. The number of pyridine rings is 1. The second-order valence-electron chi connectivity index (χ2n) is 10.4. The summed E-state index contributed by atoms with van der Waals surface area (Å²) in [6, 6.07) is 5.18. The number of carboxylic acid groups (broad SMARTS) is 1. The van der Waals surface area contributed by atoms with Crippen LogP contribution < -0.4 is 9.64 Å². The number of ether oxygens (including phenoxy) is 1. The van der Waals surface area contributed by atoms with Crippen molar-refractivity contribution in [3.8, 4) is 5.75 Å². The van der Waals surface area contributed by atoms with Crippen LogP contribution >= 0.6 is 11.9 Å². The highest BCUT2D eigenvalue weighted by molar-refractivity contribution is 7.97. The Balaban J connectivity index is 1.72. The molecule has 1 aliphatic carbocycles. The van der Waals surface area contributed by atoms with E-state index in [9.17, 15) is 31.9 Å². The molecule has 0 bridgehead atoms. The molecule has 214 valence electrons. The first-order chi connectivity index (χ1) is 18.2. The summed E-state index contributed by atoms with van der Waals surface area (Å²) in [6.45, 7) is 2.41. The summed E-state index contributed by atoms with van der Waals surface area (Å²) >= 11 is 1.21. The summed E-state index contributed by atoms with van der Waals surface area (Å²) in [5.74, 6) is -4.57. The van der Waals surface area contributed by atoms with E-state index < -0.39 is 36.0 Å². The van der Waals surface area contributed by atoms with E-state index in [0.717, 1.165) is 38.7 Å². The van der Waals surface area contributed by atoms with Gasteiger partial charge in [0, 0.05) is 36.3 Å². The topological polar surface area (TPSA) is 65.9 Å². The van der Waals surface area contributed by atoms with Gasteiger partial charge in [0.1, 0.15) is 12.4 Å². The maximum Gasteiger partial charge on any atom is 0.420 e. The molecular formula is C27H32F5N3O3S. The monoisotopic (exact) mass is 573 g/mol. The number of hydrogen-bond acceptors (Lipinski definition) is 6. The second-order valence-corrected chi connectivity index (χ2v) is 11.6. The molecule has 0 spiro atoms. The number of fused-ring (bicyclic) bond motifs is 1. The first-order valence-electron chi connectivity index (χ1n) is 12.9. The van der Waals surface area contributed by atoms with Crippen molar-refractivity contribution in [2.45, 2.75) is 88.1 Å². The Labute approximate surface area is 228 Å². The molecule has 2 aliphatic rings. The van der Waals surface area contributed by atoms with Crippen LogP contribution in [0.15, 0.2) is 29.2 Å². The van der Waals surface area contributed by atoms with Gasteiger partial charge < -0.3 is 14.7 Å². The molecule has 12 heteroatoms. The first kappa shape index (κ1) is 29.4. The van der Waals surface area contributed by atoms with E-state index >= 15 is 0 Å². The molecule has 1 aromatic carbocycles. The molecular weight excluding hydrogens is 541 g/mol. The lowest BCUT2D eigenvalue weighted by Crippen LogP contribution is -2.43. The molecule has 1 saturated carbocycles. The summed E-state index contributed by atoms with van der Waals surface area (Å²) < 4.78 is 77.8. The van der Waals surface area contributed by atoms with E-state index in [4.69, 9.17) is 4.74 Å². The molecule has 1 atom stereocenters. The quantitative estimate of drug-likeness (QED) is 0.265. The maximum atomic E-state index is 14.3. The molecule has 0 radical (unpaired) electrons. The fourth-order valence-corrected chi connectivity index (χ4v) is 6.22. The second kappa shape index (κ2) is 11.5. The highest BCUT2D eigenvalue weighted by Crippen LogP contribution is 2.47. The molecule has 2 aromatic rings. The fraction of sp³-hybridized carbons (Fsp3) is 0.556. The number of aryl methyl sites for hydroxylation is 1. The zero-order valence-electron chi connectivity index (χ0n) is 22.0. The standard InChI is InChI=1S/C27H32F5N3O3S/c1-16-8-9-17(24(33-16)25(36)37)15-38-22-13-23-21(12-20(22)27(30,31)32)35(18-6-4-5-7-18)14-19(34(3)39-23)10-11-26(2,28)29/h8-9,12-13,18-19H,4-7,10-11,14-15H2,1-3H3,(H,36,37)/t19-/m1/s1. The van der Waals surface area contributed by atoms with Gasteiger partial charge in [-0.15, -0.1) is 0 Å². The Hall–Kier alpha value is -2.60. The van der Waals surface area contributed by atoms with Crippen molar-refractivity contribution in [2.24, 2.45) is 0 Å². The van der Waals surface area contributed by atoms with Crippen molar-refractivity contribution in [3.05, 3.63) is 46.8 Å². The van der Waals surface area contributed by atoms with Gasteiger partial charge in [-0.05, 0) is 70.3 Å². The fourth-order valence-electron chi connectivity index (χ4n) is 5.16. The molecule has 1 N–H and O–H groups in total. The van der Waals surface area contributed by atoms with Crippen LogP contribution in [0.4, 0.5) is 27.6 Å². The lowest BCUT2D eigenvalue weighted by atomic mass is 10.0. The number of hydrogen-bond donors (Lipinski definition) is 1. The van der Waals surface area contributed by atoms with Crippen molar-refractivity contribution in [1.29, 1.82) is 0 Å². The van der Waals surface area contributed by atoms with Gasteiger partial charge in [-0.1, -0.05) is 18.9 Å². The highest BCUT2D eigenvalue weighted by Gasteiger charge is 2.39. The van der Waals surface area contributed by atoms with Gasteiger partial charge in [0.05, 0.1) is 16.1 Å². The van der Waals surface area contributed by atoms with Gasteiger partial charge in [0.25, 0.3) is 0 Å². The van der Waals surface area contributed by atoms with Gasteiger partial charge in [-0.25, -0.2) is 22.9 Å². The van der Waals surface area contributed by atoms with Gasteiger partial charge in [-0.2, -0.15) is 13.2 Å². The Morgan fingerprint density at radius 1 is 1.18 bits per heavy atom. The molecule has 2 heterocycles. The number of aromatic nitrogens is 1. The molecule has 0 saturated heterocycles.